The molecular weight excluding hydrogens is 278 g/mol. The van der Waals surface area contributed by atoms with Crippen LogP contribution in [-0.4, -0.2) is 5.11 Å². The van der Waals surface area contributed by atoms with Gasteiger partial charge in [0.15, 0.2) is 0 Å². The van der Waals surface area contributed by atoms with Gasteiger partial charge in [0, 0.05) is 4.47 Å². The number of benzene rings is 2. The van der Waals surface area contributed by atoms with Gasteiger partial charge in [0.2, 0.25) is 0 Å². The Bertz CT molecular complexity index is 570. The van der Waals surface area contributed by atoms with Gasteiger partial charge in [0.05, 0.1) is 18.2 Å². The molecule has 0 aliphatic rings. The van der Waals surface area contributed by atoms with Crippen molar-refractivity contribution < 1.29 is 5.11 Å². The number of aliphatic hydroxyl groups excluding tert-OH is 1. The van der Waals surface area contributed by atoms with Gasteiger partial charge in [-0.2, -0.15) is 5.26 Å². The van der Waals surface area contributed by atoms with Crippen LogP contribution in [0.2, 0.25) is 0 Å². The van der Waals surface area contributed by atoms with Gasteiger partial charge >= 0.3 is 0 Å². The van der Waals surface area contributed by atoms with Crippen LogP contribution in [0.4, 0.5) is 0 Å². The van der Waals surface area contributed by atoms with Crippen LogP contribution in [0, 0.1) is 11.3 Å². The van der Waals surface area contributed by atoms with Crippen molar-refractivity contribution in [3.8, 4) is 17.2 Å². The number of nitriles is 1. The van der Waals surface area contributed by atoms with E-state index in [1.807, 2.05) is 36.4 Å². The lowest BCUT2D eigenvalue weighted by molar-refractivity contribution is 0.282. The van der Waals surface area contributed by atoms with E-state index in [-0.39, 0.29) is 6.61 Å². The molecule has 0 atom stereocenters. The predicted octanol–water partition coefficient (Wildman–Crippen LogP) is 3.48. The van der Waals surface area contributed by atoms with E-state index < -0.39 is 0 Å². The predicted molar refractivity (Wildman–Crippen MR) is 70.2 cm³/mol. The molecule has 0 heterocycles. The third kappa shape index (κ3) is 2.73. The molecule has 2 rings (SSSR count). The van der Waals surface area contributed by atoms with Crippen LogP contribution in [0.15, 0.2) is 46.9 Å². The molecule has 0 fully saturated rings. The Balaban J connectivity index is 2.45. The number of rotatable bonds is 2. The average molecular weight is 288 g/mol. The highest BCUT2D eigenvalue weighted by molar-refractivity contribution is 9.10. The van der Waals surface area contributed by atoms with Crippen LogP contribution >= 0.6 is 15.9 Å². The lowest BCUT2D eigenvalue weighted by Crippen LogP contribution is -1.84. The minimum Gasteiger partial charge on any atom is -0.392 e. The van der Waals surface area contributed by atoms with E-state index >= 15 is 0 Å². The summed E-state index contributed by atoms with van der Waals surface area (Å²) in [6.07, 6.45) is 0. The fourth-order valence-corrected chi connectivity index (χ4v) is 2.12. The van der Waals surface area contributed by atoms with Crippen molar-refractivity contribution >= 4 is 15.9 Å². The summed E-state index contributed by atoms with van der Waals surface area (Å²) in [4.78, 5) is 0. The zero-order valence-electron chi connectivity index (χ0n) is 9.02. The zero-order chi connectivity index (χ0) is 12.3. The number of hydrogen-bond donors (Lipinski definition) is 1. The second-order valence-electron chi connectivity index (χ2n) is 3.70. The van der Waals surface area contributed by atoms with Crippen LogP contribution in [-0.2, 0) is 6.61 Å². The number of aliphatic hydroxyl groups is 1. The highest BCUT2D eigenvalue weighted by atomic mass is 79.9. The summed E-state index contributed by atoms with van der Waals surface area (Å²) in [5.74, 6) is 0. The Labute approximate surface area is 108 Å². The molecule has 0 saturated heterocycles. The summed E-state index contributed by atoms with van der Waals surface area (Å²) in [7, 11) is 0. The Hall–Kier alpha value is -1.63. The molecular formula is C14H10BrNO. The summed E-state index contributed by atoms with van der Waals surface area (Å²) in [5, 5.41) is 17.9. The Morgan fingerprint density at radius 3 is 2.35 bits per heavy atom. The molecule has 0 aliphatic heterocycles. The van der Waals surface area contributed by atoms with Gasteiger partial charge in [-0.3, -0.25) is 0 Å². The molecule has 2 aromatic carbocycles. The maximum absolute atomic E-state index is 8.97. The molecule has 0 radical (unpaired) electrons. The number of hydrogen-bond acceptors (Lipinski definition) is 2. The molecule has 0 aromatic heterocycles. The van der Waals surface area contributed by atoms with Gasteiger partial charge in [0.25, 0.3) is 0 Å². The summed E-state index contributed by atoms with van der Waals surface area (Å²) < 4.78 is 0.887. The van der Waals surface area contributed by atoms with Crippen molar-refractivity contribution in [2.24, 2.45) is 0 Å². The molecule has 2 nitrogen and oxygen atoms in total. The largest absolute Gasteiger partial charge is 0.392 e. The normalized spacial score (nSPS) is 9.94. The first-order valence-electron chi connectivity index (χ1n) is 5.14. The monoisotopic (exact) mass is 287 g/mol. The van der Waals surface area contributed by atoms with Crippen molar-refractivity contribution in [2.75, 3.05) is 0 Å². The topological polar surface area (TPSA) is 44.0 Å². The van der Waals surface area contributed by atoms with Gasteiger partial charge in [0.1, 0.15) is 0 Å². The minimum atomic E-state index is 0.0439. The highest BCUT2D eigenvalue weighted by Gasteiger charge is 2.02. The molecule has 0 saturated carbocycles. The Morgan fingerprint density at radius 1 is 1.06 bits per heavy atom. The smallest absolute Gasteiger partial charge is 0.0992 e. The third-order valence-corrected chi connectivity index (χ3v) is 2.95. The molecule has 3 heteroatoms. The number of halogens is 1. The van der Waals surface area contributed by atoms with Crippen molar-refractivity contribution in [3.05, 3.63) is 58.1 Å². The van der Waals surface area contributed by atoms with Gasteiger partial charge in [-0.1, -0.05) is 40.2 Å². The first-order chi connectivity index (χ1) is 8.22. The van der Waals surface area contributed by atoms with Crippen LogP contribution in [0.3, 0.4) is 0 Å². The Morgan fingerprint density at radius 2 is 1.76 bits per heavy atom. The minimum absolute atomic E-state index is 0.0439. The van der Waals surface area contributed by atoms with Crippen LogP contribution < -0.4 is 0 Å². The second-order valence-corrected chi connectivity index (χ2v) is 4.61. The van der Waals surface area contributed by atoms with E-state index in [4.69, 9.17) is 10.4 Å². The highest BCUT2D eigenvalue weighted by Crippen LogP contribution is 2.25. The lowest BCUT2D eigenvalue weighted by Gasteiger charge is -2.04. The molecule has 0 unspecified atom stereocenters. The first-order valence-corrected chi connectivity index (χ1v) is 5.93. The van der Waals surface area contributed by atoms with E-state index in [1.165, 1.54) is 0 Å². The summed E-state index contributed by atoms with van der Waals surface area (Å²) >= 11 is 3.39. The molecule has 0 bridgehead atoms. The molecule has 1 N–H and O–H groups in total. The summed E-state index contributed by atoms with van der Waals surface area (Å²) in [5.41, 5.74) is 3.52. The first kappa shape index (κ1) is 11.8. The summed E-state index contributed by atoms with van der Waals surface area (Å²) in [6, 6.07) is 15.4. The molecule has 2 aromatic rings. The quantitative estimate of drug-likeness (QED) is 0.919. The second kappa shape index (κ2) is 5.13. The summed E-state index contributed by atoms with van der Waals surface area (Å²) in [6.45, 7) is 0.0439. The van der Waals surface area contributed by atoms with Gasteiger partial charge in [-0.25, -0.2) is 0 Å². The maximum atomic E-state index is 8.97. The van der Waals surface area contributed by atoms with Gasteiger partial charge < -0.3 is 5.11 Å². The molecule has 0 aliphatic carbocycles. The van der Waals surface area contributed by atoms with E-state index in [2.05, 4.69) is 22.0 Å². The molecule has 0 amide bonds. The number of nitrogens with zero attached hydrogens (tertiary/aromatic N) is 1. The fraction of sp³-hybridized carbons (Fsp3) is 0.0714. The van der Waals surface area contributed by atoms with E-state index in [0.717, 1.165) is 21.2 Å². The fourth-order valence-electron chi connectivity index (χ4n) is 1.62. The average Bonchev–Trinajstić information content (AvgIpc) is 2.38. The third-order valence-electron chi connectivity index (χ3n) is 2.50. The molecule has 84 valence electrons. The van der Waals surface area contributed by atoms with Crippen molar-refractivity contribution in [3.63, 3.8) is 0 Å². The van der Waals surface area contributed by atoms with Crippen LogP contribution in [0.5, 0.6) is 0 Å². The van der Waals surface area contributed by atoms with Crippen molar-refractivity contribution in [2.45, 2.75) is 6.61 Å². The zero-order valence-corrected chi connectivity index (χ0v) is 10.6. The molecule has 17 heavy (non-hydrogen) atoms. The maximum Gasteiger partial charge on any atom is 0.0992 e. The van der Waals surface area contributed by atoms with E-state index in [0.29, 0.717) is 5.56 Å². The van der Waals surface area contributed by atoms with Crippen molar-refractivity contribution in [1.82, 2.24) is 0 Å². The van der Waals surface area contributed by atoms with E-state index in [9.17, 15) is 0 Å². The van der Waals surface area contributed by atoms with Gasteiger partial charge in [-0.05, 0) is 34.9 Å². The Kier molecular flexibility index (Phi) is 3.58. The van der Waals surface area contributed by atoms with Crippen molar-refractivity contribution in [1.29, 1.82) is 5.26 Å². The van der Waals surface area contributed by atoms with E-state index in [1.54, 1.807) is 6.07 Å². The SMILES string of the molecule is N#Cc1cc(Br)cc(-c2ccc(CO)cc2)c1. The lowest BCUT2D eigenvalue weighted by atomic mass is 10.0. The van der Waals surface area contributed by atoms with Crippen LogP contribution in [0.1, 0.15) is 11.1 Å². The van der Waals surface area contributed by atoms with Gasteiger partial charge in [-0.15, -0.1) is 0 Å². The van der Waals surface area contributed by atoms with Crippen LogP contribution in [0.25, 0.3) is 11.1 Å². The standard InChI is InChI=1S/C14H10BrNO/c15-14-6-11(8-16)5-13(7-14)12-3-1-10(9-17)2-4-12/h1-7,17H,9H2. The molecule has 0 spiro atoms.